The van der Waals surface area contributed by atoms with E-state index in [1.807, 2.05) is 24.3 Å². The Kier molecular flexibility index (Phi) is 5.51. The zero-order chi connectivity index (χ0) is 20.3. The molecule has 2 fully saturated rings. The molecule has 3 heterocycles. The molecule has 2 aliphatic heterocycles. The van der Waals surface area contributed by atoms with E-state index in [2.05, 4.69) is 37.2 Å². The number of para-hydroxylation sites is 1. The predicted octanol–water partition coefficient (Wildman–Crippen LogP) is 4.27. The summed E-state index contributed by atoms with van der Waals surface area (Å²) in [7, 11) is 0. The number of hydrogen-bond donors (Lipinski definition) is 2. The van der Waals surface area contributed by atoms with Gasteiger partial charge in [0.25, 0.3) is 0 Å². The van der Waals surface area contributed by atoms with Gasteiger partial charge >= 0.3 is 0 Å². The first-order chi connectivity index (χ1) is 14.8. The van der Waals surface area contributed by atoms with Gasteiger partial charge in [0.05, 0.1) is 5.52 Å². The highest BCUT2D eigenvalue weighted by molar-refractivity contribution is 5.90. The van der Waals surface area contributed by atoms with E-state index in [1.165, 1.54) is 25.7 Å². The number of phenolic OH excluding ortho intramolecular Hbond substituents is 1. The number of rotatable bonds is 6. The summed E-state index contributed by atoms with van der Waals surface area (Å²) in [5.74, 6) is 1.25. The van der Waals surface area contributed by atoms with Crippen molar-refractivity contribution in [3.8, 4) is 5.75 Å². The quantitative estimate of drug-likeness (QED) is 0.599. The van der Waals surface area contributed by atoms with Crippen LogP contribution >= 0.6 is 0 Å². The molecule has 2 saturated heterocycles. The fourth-order valence-corrected chi connectivity index (χ4v) is 4.68. The van der Waals surface area contributed by atoms with Crippen LogP contribution in [0.4, 0.5) is 11.5 Å². The lowest BCUT2D eigenvalue weighted by Crippen LogP contribution is -2.20. The van der Waals surface area contributed by atoms with Gasteiger partial charge in [0.15, 0.2) is 0 Å². The summed E-state index contributed by atoms with van der Waals surface area (Å²) < 4.78 is 0. The Morgan fingerprint density at radius 2 is 1.43 bits per heavy atom. The van der Waals surface area contributed by atoms with Gasteiger partial charge in [-0.1, -0.05) is 12.1 Å². The Balaban J connectivity index is 1.49. The standard InChI is InChI=1S/C24H29N5O/c30-23-18(15-28-9-3-4-10-28)13-20(14-19(23)16-29-11-5-6-12-29)27-24-21-7-1-2-8-22(21)25-17-26-24/h1-2,7-8,13-14,17,30H,3-6,9-12,15-16H2,(H,25,26,27). The number of fused-ring (bicyclic) bond motifs is 1. The summed E-state index contributed by atoms with van der Waals surface area (Å²) in [6, 6.07) is 12.2. The average Bonchev–Trinajstić information content (AvgIpc) is 3.46. The molecule has 3 aromatic rings. The number of likely N-dealkylation sites (tertiary alicyclic amines) is 2. The van der Waals surface area contributed by atoms with Gasteiger partial charge < -0.3 is 10.4 Å². The fourth-order valence-electron chi connectivity index (χ4n) is 4.68. The van der Waals surface area contributed by atoms with Crippen molar-refractivity contribution in [1.82, 2.24) is 19.8 Å². The van der Waals surface area contributed by atoms with Gasteiger partial charge in [-0.3, -0.25) is 9.80 Å². The molecule has 0 amide bonds. The lowest BCUT2D eigenvalue weighted by atomic mass is 10.1. The molecule has 2 N–H and O–H groups in total. The molecule has 2 aliphatic rings. The monoisotopic (exact) mass is 403 g/mol. The Morgan fingerprint density at radius 1 is 0.833 bits per heavy atom. The van der Waals surface area contributed by atoms with E-state index < -0.39 is 0 Å². The molecule has 2 aromatic carbocycles. The summed E-state index contributed by atoms with van der Waals surface area (Å²) in [5, 5.41) is 15.6. The lowest BCUT2D eigenvalue weighted by Gasteiger charge is -2.21. The van der Waals surface area contributed by atoms with E-state index in [9.17, 15) is 5.11 Å². The number of hydrogen-bond acceptors (Lipinski definition) is 6. The van der Waals surface area contributed by atoms with Gasteiger partial charge in [0, 0.05) is 35.3 Å². The van der Waals surface area contributed by atoms with Crippen LogP contribution < -0.4 is 5.32 Å². The van der Waals surface area contributed by atoms with Crippen molar-refractivity contribution < 1.29 is 5.11 Å². The molecule has 0 bridgehead atoms. The van der Waals surface area contributed by atoms with Crippen molar-refractivity contribution in [2.75, 3.05) is 31.5 Å². The summed E-state index contributed by atoms with van der Waals surface area (Å²) in [5.41, 5.74) is 3.88. The van der Waals surface area contributed by atoms with Crippen LogP contribution in [0.3, 0.4) is 0 Å². The smallest absolute Gasteiger partial charge is 0.141 e. The zero-order valence-electron chi connectivity index (χ0n) is 17.3. The van der Waals surface area contributed by atoms with E-state index in [0.717, 1.165) is 72.8 Å². The molecule has 0 atom stereocenters. The highest BCUT2D eigenvalue weighted by Gasteiger charge is 2.20. The fraction of sp³-hybridized carbons (Fsp3) is 0.417. The first-order valence-electron chi connectivity index (χ1n) is 11.0. The maximum absolute atomic E-state index is 11.1. The minimum Gasteiger partial charge on any atom is -0.507 e. The number of phenols is 1. The van der Waals surface area contributed by atoms with Crippen molar-refractivity contribution in [1.29, 1.82) is 0 Å². The largest absolute Gasteiger partial charge is 0.507 e. The number of nitrogens with zero attached hydrogens (tertiary/aromatic N) is 4. The van der Waals surface area contributed by atoms with E-state index >= 15 is 0 Å². The van der Waals surface area contributed by atoms with Crippen LogP contribution in [-0.4, -0.2) is 51.1 Å². The molecule has 1 aromatic heterocycles. The summed E-state index contributed by atoms with van der Waals surface area (Å²) in [4.78, 5) is 13.7. The number of aromatic hydroxyl groups is 1. The second kappa shape index (κ2) is 8.58. The minimum absolute atomic E-state index is 0.451. The minimum atomic E-state index is 0.451. The number of aromatic nitrogens is 2. The Hall–Kier alpha value is -2.70. The summed E-state index contributed by atoms with van der Waals surface area (Å²) in [6.07, 6.45) is 6.57. The second-order valence-electron chi connectivity index (χ2n) is 8.47. The third kappa shape index (κ3) is 4.11. The van der Waals surface area contributed by atoms with Gasteiger partial charge in [-0.15, -0.1) is 0 Å². The molecule has 0 radical (unpaired) electrons. The zero-order valence-corrected chi connectivity index (χ0v) is 17.3. The van der Waals surface area contributed by atoms with Crippen LogP contribution in [-0.2, 0) is 13.1 Å². The van der Waals surface area contributed by atoms with Crippen LogP contribution in [0.15, 0.2) is 42.7 Å². The maximum atomic E-state index is 11.1. The van der Waals surface area contributed by atoms with Gasteiger partial charge in [0.1, 0.15) is 17.9 Å². The van der Waals surface area contributed by atoms with Crippen molar-refractivity contribution in [3.63, 3.8) is 0 Å². The summed E-state index contributed by atoms with van der Waals surface area (Å²) >= 11 is 0. The number of benzene rings is 2. The van der Waals surface area contributed by atoms with Crippen LogP contribution in [0, 0.1) is 0 Å². The SMILES string of the molecule is Oc1c(CN2CCCC2)cc(Nc2ncnc3ccccc23)cc1CN1CCCC1. The van der Waals surface area contributed by atoms with Gasteiger partial charge in [-0.2, -0.15) is 0 Å². The number of anilines is 2. The third-order valence-corrected chi connectivity index (χ3v) is 6.26. The molecule has 0 saturated carbocycles. The molecule has 30 heavy (non-hydrogen) atoms. The molecule has 0 spiro atoms. The molecular formula is C24H29N5O. The lowest BCUT2D eigenvalue weighted by molar-refractivity contribution is 0.312. The summed E-state index contributed by atoms with van der Waals surface area (Å²) in [6.45, 7) is 6.01. The topological polar surface area (TPSA) is 64.5 Å². The Morgan fingerprint density at radius 3 is 2.07 bits per heavy atom. The van der Waals surface area contributed by atoms with Crippen molar-refractivity contribution in [3.05, 3.63) is 53.9 Å². The van der Waals surface area contributed by atoms with Crippen LogP contribution in [0.1, 0.15) is 36.8 Å². The Bertz CT molecular complexity index is 981. The molecule has 5 rings (SSSR count). The molecule has 6 heteroatoms. The highest BCUT2D eigenvalue weighted by atomic mass is 16.3. The number of nitrogens with one attached hydrogen (secondary N) is 1. The normalized spacial score (nSPS) is 17.7. The molecule has 0 aliphatic carbocycles. The van der Waals surface area contributed by atoms with Crippen molar-refractivity contribution >= 4 is 22.4 Å². The predicted molar refractivity (Wildman–Crippen MR) is 120 cm³/mol. The highest BCUT2D eigenvalue weighted by Crippen LogP contribution is 2.33. The first kappa shape index (κ1) is 19.3. The average molecular weight is 404 g/mol. The van der Waals surface area contributed by atoms with Crippen molar-refractivity contribution in [2.24, 2.45) is 0 Å². The van der Waals surface area contributed by atoms with Gasteiger partial charge in [0.2, 0.25) is 0 Å². The molecule has 6 nitrogen and oxygen atoms in total. The van der Waals surface area contributed by atoms with E-state index in [-0.39, 0.29) is 0 Å². The molecule has 0 unspecified atom stereocenters. The van der Waals surface area contributed by atoms with Gasteiger partial charge in [-0.05, 0) is 76.1 Å². The van der Waals surface area contributed by atoms with Crippen molar-refractivity contribution in [2.45, 2.75) is 38.8 Å². The maximum Gasteiger partial charge on any atom is 0.141 e. The molecule has 156 valence electrons. The van der Waals surface area contributed by atoms with E-state index in [0.29, 0.717) is 5.75 Å². The third-order valence-electron chi connectivity index (χ3n) is 6.26. The Labute approximate surface area is 177 Å². The second-order valence-corrected chi connectivity index (χ2v) is 8.47. The van der Waals surface area contributed by atoms with Gasteiger partial charge in [-0.25, -0.2) is 9.97 Å². The molecular weight excluding hydrogens is 374 g/mol. The van der Waals surface area contributed by atoms with E-state index in [4.69, 9.17) is 0 Å². The van der Waals surface area contributed by atoms with E-state index in [1.54, 1.807) is 6.33 Å². The first-order valence-corrected chi connectivity index (χ1v) is 11.0. The van der Waals surface area contributed by atoms with Crippen LogP contribution in [0.2, 0.25) is 0 Å². The van der Waals surface area contributed by atoms with Crippen LogP contribution in [0.5, 0.6) is 5.75 Å². The van der Waals surface area contributed by atoms with Crippen LogP contribution in [0.25, 0.3) is 10.9 Å².